The molecule has 1 aromatic carbocycles. The molecule has 0 bridgehead atoms. The van der Waals surface area contributed by atoms with Gasteiger partial charge in [-0.05, 0) is 12.1 Å². The summed E-state index contributed by atoms with van der Waals surface area (Å²) in [4.78, 5) is 27.8. The molecule has 1 aliphatic heterocycles. The minimum absolute atomic E-state index is 0.0167. The molecule has 2 N–H and O–H groups in total. The summed E-state index contributed by atoms with van der Waals surface area (Å²) in [7, 11) is 3.38. The third-order valence-electron chi connectivity index (χ3n) is 3.76. The van der Waals surface area contributed by atoms with E-state index >= 15 is 0 Å². The lowest BCUT2D eigenvalue weighted by Crippen LogP contribution is -2.59. The van der Waals surface area contributed by atoms with Gasteiger partial charge in [0.1, 0.15) is 6.04 Å². The van der Waals surface area contributed by atoms with Crippen LogP contribution >= 0.6 is 0 Å². The Labute approximate surface area is 125 Å². The van der Waals surface area contributed by atoms with Crippen molar-refractivity contribution in [1.29, 1.82) is 0 Å². The lowest BCUT2D eigenvalue weighted by Gasteiger charge is -2.35. The van der Waals surface area contributed by atoms with Gasteiger partial charge >= 0.3 is 0 Å². The lowest BCUT2D eigenvalue weighted by atomic mass is 10.1. The minimum atomic E-state index is -0.295. The maximum Gasteiger partial charge on any atom is 0.240 e. The highest BCUT2D eigenvalue weighted by Crippen LogP contribution is 2.12. The molecule has 1 atom stereocenters. The van der Waals surface area contributed by atoms with Crippen molar-refractivity contribution >= 4 is 17.5 Å². The van der Waals surface area contributed by atoms with Gasteiger partial charge in [-0.25, -0.2) is 0 Å². The van der Waals surface area contributed by atoms with Crippen LogP contribution in [0.3, 0.4) is 0 Å². The van der Waals surface area contributed by atoms with Gasteiger partial charge in [-0.2, -0.15) is 0 Å². The van der Waals surface area contributed by atoms with Gasteiger partial charge in [0, 0.05) is 39.4 Å². The van der Waals surface area contributed by atoms with Gasteiger partial charge in [0.15, 0.2) is 0 Å². The second-order valence-electron chi connectivity index (χ2n) is 5.09. The van der Waals surface area contributed by atoms with Gasteiger partial charge in [-0.15, -0.1) is 0 Å². The summed E-state index contributed by atoms with van der Waals surface area (Å²) < 4.78 is 0. The van der Waals surface area contributed by atoms with Crippen molar-refractivity contribution in [2.45, 2.75) is 6.04 Å². The third-order valence-corrected chi connectivity index (χ3v) is 3.76. The van der Waals surface area contributed by atoms with E-state index in [0.29, 0.717) is 13.1 Å². The van der Waals surface area contributed by atoms with E-state index in [0.717, 1.165) is 12.2 Å². The largest absolute Gasteiger partial charge is 0.358 e. The van der Waals surface area contributed by atoms with Gasteiger partial charge in [-0.3, -0.25) is 14.5 Å². The Morgan fingerprint density at radius 3 is 2.76 bits per heavy atom. The SMILES string of the molecule is CNC(=O)C1CNCCN1CC(=O)N(C)c1ccccc1. The Hall–Kier alpha value is -1.92. The number of anilines is 1. The van der Waals surface area contributed by atoms with Gasteiger partial charge in [0.25, 0.3) is 0 Å². The van der Waals surface area contributed by atoms with Crippen LogP contribution in [0.2, 0.25) is 0 Å². The van der Waals surface area contributed by atoms with E-state index in [1.807, 2.05) is 35.2 Å². The van der Waals surface area contributed by atoms with E-state index in [9.17, 15) is 9.59 Å². The second-order valence-corrected chi connectivity index (χ2v) is 5.09. The van der Waals surface area contributed by atoms with Crippen LogP contribution in [0.4, 0.5) is 5.69 Å². The Morgan fingerprint density at radius 2 is 2.10 bits per heavy atom. The van der Waals surface area contributed by atoms with Crippen LogP contribution in [0, 0.1) is 0 Å². The highest BCUT2D eigenvalue weighted by Gasteiger charge is 2.30. The van der Waals surface area contributed by atoms with E-state index < -0.39 is 0 Å². The molecular formula is C15H22N4O2. The fourth-order valence-electron chi connectivity index (χ4n) is 2.44. The van der Waals surface area contributed by atoms with Gasteiger partial charge in [0.05, 0.1) is 6.54 Å². The molecule has 0 radical (unpaired) electrons. The molecule has 0 aliphatic carbocycles. The zero-order valence-corrected chi connectivity index (χ0v) is 12.5. The second kappa shape index (κ2) is 7.19. The van der Waals surface area contributed by atoms with Gasteiger partial charge in [0.2, 0.25) is 11.8 Å². The highest BCUT2D eigenvalue weighted by molar-refractivity contribution is 5.94. The number of benzene rings is 1. The van der Waals surface area contributed by atoms with Crippen molar-refractivity contribution in [2.24, 2.45) is 0 Å². The zero-order valence-electron chi connectivity index (χ0n) is 12.5. The monoisotopic (exact) mass is 290 g/mol. The van der Waals surface area contributed by atoms with Crippen LogP contribution in [-0.2, 0) is 9.59 Å². The number of hydrogen-bond donors (Lipinski definition) is 2. The normalized spacial score (nSPS) is 19.0. The van der Waals surface area contributed by atoms with Crippen molar-refractivity contribution in [1.82, 2.24) is 15.5 Å². The number of likely N-dealkylation sites (N-methyl/N-ethyl adjacent to an activating group) is 2. The van der Waals surface area contributed by atoms with Crippen molar-refractivity contribution in [2.75, 3.05) is 45.2 Å². The highest BCUT2D eigenvalue weighted by atomic mass is 16.2. The Balaban J connectivity index is 2.01. The molecule has 0 spiro atoms. The van der Waals surface area contributed by atoms with E-state index in [1.165, 1.54) is 0 Å². The molecule has 1 aliphatic rings. The zero-order chi connectivity index (χ0) is 15.2. The minimum Gasteiger partial charge on any atom is -0.358 e. The standard InChI is InChI=1S/C15H22N4O2/c1-16-15(21)13-10-17-8-9-19(13)11-14(20)18(2)12-6-4-3-5-7-12/h3-7,13,17H,8-11H2,1-2H3,(H,16,21). The molecule has 0 saturated carbocycles. The number of hydrogen-bond acceptors (Lipinski definition) is 4. The molecule has 2 amide bonds. The first-order valence-electron chi connectivity index (χ1n) is 7.11. The number of carbonyl (C=O) groups excluding carboxylic acids is 2. The molecule has 114 valence electrons. The number of piperazine rings is 1. The van der Waals surface area contributed by atoms with Gasteiger partial charge < -0.3 is 15.5 Å². The predicted molar refractivity (Wildman–Crippen MR) is 82.1 cm³/mol. The summed E-state index contributed by atoms with van der Waals surface area (Å²) in [6.07, 6.45) is 0. The van der Waals surface area contributed by atoms with Crippen LogP contribution in [0.15, 0.2) is 30.3 Å². The molecule has 1 heterocycles. The summed E-state index contributed by atoms with van der Waals surface area (Å²) in [6.45, 7) is 2.29. The first-order valence-corrected chi connectivity index (χ1v) is 7.11. The maximum atomic E-state index is 12.4. The van der Waals surface area contributed by atoms with Crippen LogP contribution in [-0.4, -0.2) is 63.0 Å². The molecule has 21 heavy (non-hydrogen) atoms. The summed E-state index contributed by atoms with van der Waals surface area (Å²) in [5.41, 5.74) is 0.856. The quantitative estimate of drug-likeness (QED) is 0.797. The fraction of sp³-hybridized carbons (Fsp3) is 0.467. The van der Waals surface area contributed by atoms with Crippen molar-refractivity contribution in [3.8, 4) is 0 Å². The fourth-order valence-corrected chi connectivity index (χ4v) is 2.44. The third kappa shape index (κ3) is 3.80. The summed E-state index contributed by atoms with van der Waals surface area (Å²) in [5.74, 6) is -0.0747. The van der Waals surface area contributed by atoms with Gasteiger partial charge in [-0.1, -0.05) is 18.2 Å². The number of nitrogens with one attached hydrogen (secondary N) is 2. The lowest BCUT2D eigenvalue weighted by molar-refractivity contribution is -0.128. The van der Waals surface area contributed by atoms with Crippen molar-refractivity contribution < 1.29 is 9.59 Å². The number of nitrogens with zero attached hydrogens (tertiary/aromatic N) is 2. The first kappa shape index (κ1) is 15.5. The molecule has 1 saturated heterocycles. The van der Waals surface area contributed by atoms with Crippen LogP contribution < -0.4 is 15.5 Å². The Morgan fingerprint density at radius 1 is 1.38 bits per heavy atom. The predicted octanol–water partition coefficient (Wildman–Crippen LogP) is -0.331. The topological polar surface area (TPSA) is 64.7 Å². The van der Waals surface area contributed by atoms with Crippen molar-refractivity contribution in [3.05, 3.63) is 30.3 Å². The summed E-state index contributed by atoms with van der Waals surface area (Å²) in [6, 6.07) is 9.21. The molecule has 1 fully saturated rings. The molecule has 1 unspecified atom stereocenters. The first-order chi connectivity index (χ1) is 10.1. The number of rotatable bonds is 4. The maximum absolute atomic E-state index is 12.4. The molecule has 2 rings (SSSR count). The summed E-state index contributed by atoms with van der Waals surface area (Å²) >= 11 is 0. The van der Waals surface area contributed by atoms with Crippen LogP contribution in [0.25, 0.3) is 0 Å². The average molecular weight is 290 g/mol. The molecule has 6 nitrogen and oxygen atoms in total. The van der Waals surface area contributed by atoms with E-state index in [2.05, 4.69) is 10.6 Å². The molecule has 6 heteroatoms. The van der Waals surface area contributed by atoms with Crippen LogP contribution in [0.5, 0.6) is 0 Å². The molecular weight excluding hydrogens is 268 g/mol. The number of para-hydroxylation sites is 1. The Bertz CT molecular complexity index is 492. The van der Waals surface area contributed by atoms with Crippen LogP contribution in [0.1, 0.15) is 0 Å². The smallest absolute Gasteiger partial charge is 0.240 e. The Kier molecular flexibility index (Phi) is 5.30. The number of carbonyl (C=O) groups is 2. The van der Waals surface area contributed by atoms with E-state index in [1.54, 1.807) is 19.0 Å². The molecule has 0 aromatic heterocycles. The molecule has 1 aromatic rings. The average Bonchev–Trinajstić information content (AvgIpc) is 2.54. The van der Waals surface area contributed by atoms with E-state index in [-0.39, 0.29) is 24.4 Å². The summed E-state index contributed by atoms with van der Waals surface area (Å²) in [5, 5.41) is 5.84. The van der Waals surface area contributed by atoms with Crippen molar-refractivity contribution in [3.63, 3.8) is 0 Å². The van der Waals surface area contributed by atoms with E-state index in [4.69, 9.17) is 0 Å². The number of amides is 2.